The molecule has 4 rings (SSSR count). The summed E-state index contributed by atoms with van der Waals surface area (Å²) in [4.78, 5) is 12.4. The fraction of sp³-hybridized carbons (Fsp3) is 0.261. The fourth-order valence-corrected chi connectivity index (χ4v) is 4.61. The number of nitrogens with one attached hydrogen (secondary N) is 1. The number of benzene rings is 2. The van der Waals surface area contributed by atoms with Gasteiger partial charge in [0.2, 0.25) is 5.91 Å². The smallest absolute Gasteiger partial charge is 0.225 e. The molecule has 148 valence electrons. The van der Waals surface area contributed by atoms with E-state index in [4.69, 9.17) is 0 Å². The third kappa shape index (κ3) is 3.98. The monoisotopic (exact) mass is 404 g/mol. The fourth-order valence-electron chi connectivity index (χ4n) is 3.73. The van der Waals surface area contributed by atoms with Crippen LogP contribution in [-0.2, 0) is 4.79 Å². The van der Waals surface area contributed by atoms with Gasteiger partial charge in [-0.15, -0.1) is 10.2 Å². The lowest BCUT2D eigenvalue weighted by atomic mass is 10.1. The molecule has 1 N–H and O–H groups in total. The maximum atomic E-state index is 12.4. The predicted molar refractivity (Wildman–Crippen MR) is 120 cm³/mol. The summed E-state index contributed by atoms with van der Waals surface area (Å²) in [6.45, 7) is 8.26. The van der Waals surface area contributed by atoms with E-state index in [1.807, 2.05) is 26.0 Å². The molecular formula is C23H24N4OS. The van der Waals surface area contributed by atoms with E-state index in [0.29, 0.717) is 12.2 Å². The van der Waals surface area contributed by atoms with Crippen molar-refractivity contribution in [1.29, 1.82) is 0 Å². The lowest BCUT2D eigenvalue weighted by Crippen LogP contribution is -2.12. The first-order chi connectivity index (χ1) is 13.9. The van der Waals surface area contributed by atoms with E-state index < -0.39 is 0 Å². The molecule has 0 atom stereocenters. The molecule has 0 fully saturated rings. The van der Waals surface area contributed by atoms with Crippen molar-refractivity contribution in [2.45, 2.75) is 39.3 Å². The van der Waals surface area contributed by atoms with Crippen molar-refractivity contribution in [3.8, 4) is 0 Å². The topological polar surface area (TPSA) is 59.3 Å². The highest BCUT2D eigenvalue weighted by atomic mass is 32.2. The Balaban J connectivity index is 1.51. The maximum absolute atomic E-state index is 12.4. The Morgan fingerprint density at radius 1 is 1.00 bits per heavy atom. The van der Waals surface area contributed by atoms with Crippen LogP contribution in [0, 0.1) is 27.7 Å². The Morgan fingerprint density at radius 3 is 2.52 bits per heavy atom. The van der Waals surface area contributed by atoms with Crippen LogP contribution in [0.5, 0.6) is 0 Å². The molecule has 1 amide bonds. The minimum atomic E-state index is 0.00760. The van der Waals surface area contributed by atoms with Crippen molar-refractivity contribution in [2.75, 3.05) is 11.1 Å². The van der Waals surface area contributed by atoms with Crippen molar-refractivity contribution in [3.63, 3.8) is 0 Å². The van der Waals surface area contributed by atoms with Crippen LogP contribution in [0.25, 0.3) is 16.6 Å². The molecule has 29 heavy (non-hydrogen) atoms. The second kappa shape index (κ2) is 7.87. The molecule has 0 saturated carbocycles. The van der Waals surface area contributed by atoms with E-state index >= 15 is 0 Å². The number of para-hydroxylation sites is 1. The Morgan fingerprint density at radius 2 is 1.76 bits per heavy atom. The number of nitrogens with zero attached hydrogens (tertiary/aromatic N) is 3. The maximum Gasteiger partial charge on any atom is 0.225 e. The Kier molecular flexibility index (Phi) is 5.28. The van der Waals surface area contributed by atoms with Gasteiger partial charge in [0.05, 0.1) is 5.52 Å². The van der Waals surface area contributed by atoms with Crippen molar-refractivity contribution < 1.29 is 4.79 Å². The average Bonchev–Trinajstić information content (AvgIpc) is 3.03. The van der Waals surface area contributed by atoms with E-state index in [9.17, 15) is 4.79 Å². The van der Waals surface area contributed by atoms with Gasteiger partial charge in [-0.1, -0.05) is 36.0 Å². The summed E-state index contributed by atoms with van der Waals surface area (Å²) in [5, 5.41) is 13.7. The van der Waals surface area contributed by atoms with Gasteiger partial charge in [-0.05, 0) is 68.1 Å². The number of hydrogen-bond acceptors (Lipinski definition) is 4. The summed E-state index contributed by atoms with van der Waals surface area (Å²) in [7, 11) is 0. The van der Waals surface area contributed by atoms with Crippen LogP contribution in [0.15, 0.2) is 47.6 Å². The molecule has 2 heterocycles. The lowest BCUT2D eigenvalue weighted by molar-refractivity contribution is -0.115. The second-order valence-electron chi connectivity index (χ2n) is 7.50. The van der Waals surface area contributed by atoms with Crippen molar-refractivity contribution >= 4 is 39.9 Å². The first-order valence-corrected chi connectivity index (χ1v) is 10.7. The first-order valence-electron chi connectivity index (χ1n) is 9.67. The molecule has 0 spiro atoms. The van der Waals surface area contributed by atoms with Gasteiger partial charge in [-0.25, -0.2) is 0 Å². The average molecular weight is 405 g/mol. The normalized spacial score (nSPS) is 11.3. The number of fused-ring (bicyclic) bond motifs is 3. The molecule has 0 saturated heterocycles. The van der Waals surface area contributed by atoms with Crippen molar-refractivity contribution in [3.05, 3.63) is 64.7 Å². The highest BCUT2D eigenvalue weighted by molar-refractivity contribution is 7.99. The van der Waals surface area contributed by atoms with E-state index in [-0.39, 0.29) is 5.91 Å². The highest BCUT2D eigenvalue weighted by Crippen LogP contribution is 2.28. The minimum Gasteiger partial charge on any atom is -0.326 e. The number of amides is 1. The van der Waals surface area contributed by atoms with Crippen LogP contribution in [-0.4, -0.2) is 26.3 Å². The van der Waals surface area contributed by atoms with Gasteiger partial charge in [0.25, 0.3) is 0 Å². The van der Waals surface area contributed by atoms with Gasteiger partial charge >= 0.3 is 0 Å². The van der Waals surface area contributed by atoms with Crippen LogP contribution in [0.1, 0.15) is 28.7 Å². The molecule has 0 unspecified atom stereocenters. The zero-order valence-electron chi connectivity index (χ0n) is 17.1. The highest BCUT2D eigenvalue weighted by Gasteiger charge is 2.13. The number of carbonyl (C=O) groups is 1. The molecule has 6 heteroatoms. The summed E-state index contributed by atoms with van der Waals surface area (Å²) in [6.07, 6.45) is 0.412. The summed E-state index contributed by atoms with van der Waals surface area (Å²) in [5.41, 5.74) is 7.48. The van der Waals surface area contributed by atoms with Gasteiger partial charge in [0, 0.05) is 23.2 Å². The first kappa shape index (κ1) is 19.5. The Labute approximate surface area is 174 Å². The van der Waals surface area contributed by atoms with Crippen LogP contribution >= 0.6 is 11.8 Å². The zero-order valence-corrected chi connectivity index (χ0v) is 17.9. The molecule has 2 aromatic heterocycles. The van der Waals surface area contributed by atoms with Crippen molar-refractivity contribution in [1.82, 2.24) is 14.6 Å². The molecule has 0 bridgehead atoms. The van der Waals surface area contributed by atoms with E-state index in [2.05, 4.69) is 64.1 Å². The van der Waals surface area contributed by atoms with Gasteiger partial charge in [-0.2, -0.15) is 0 Å². The molecular weight excluding hydrogens is 380 g/mol. The third-order valence-electron chi connectivity index (χ3n) is 4.96. The Hall–Kier alpha value is -2.86. The van der Waals surface area contributed by atoms with E-state index in [0.717, 1.165) is 33.1 Å². The SMILES string of the molecule is Cc1cc(C)cc(NC(=O)CCSc2nnc3cc(C)c4cccc(C)c4n23)c1. The van der Waals surface area contributed by atoms with Crippen LogP contribution < -0.4 is 5.32 Å². The largest absolute Gasteiger partial charge is 0.326 e. The zero-order chi connectivity index (χ0) is 20.5. The lowest BCUT2D eigenvalue weighted by Gasteiger charge is -2.10. The van der Waals surface area contributed by atoms with Crippen LogP contribution in [0.3, 0.4) is 0 Å². The molecule has 4 aromatic rings. The van der Waals surface area contributed by atoms with E-state index in [1.54, 1.807) is 11.8 Å². The molecule has 0 aliphatic heterocycles. The summed E-state index contributed by atoms with van der Waals surface area (Å²) >= 11 is 1.56. The second-order valence-corrected chi connectivity index (χ2v) is 8.56. The summed E-state index contributed by atoms with van der Waals surface area (Å²) < 4.78 is 2.10. The molecule has 0 radical (unpaired) electrons. The number of hydrogen-bond donors (Lipinski definition) is 1. The Bertz CT molecular complexity index is 1210. The molecule has 0 aliphatic carbocycles. The number of carbonyl (C=O) groups excluding carboxylic acids is 1. The van der Waals surface area contributed by atoms with Crippen molar-refractivity contribution in [2.24, 2.45) is 0 Å². The van der Waals surface area contributed by atoms with Gasteiger partial charge in [0.1, 0.15) is 0 Å². The van der Waals surface area contributed by atoms with Crippen LogP contribution in [0.2, 0.25) is 0 Å². The third-order valence-corrected chi connectivity index (χ3v) is 5.89. The van der Waals surface area contributed by atoms with Crippen LogP contribution in [0.4, 0.5) is 5.69 Å². The molecule has 5 nitrogen and oxygen atoms in total. The molecule has 0 aliphatic rings. The number of rotatable bonds is 5. The summed E-state index contributed by atoms with van der Waals surface area (Å²) in [6, 6.07) is 14.4. The predicted octanol–water partition coefficient (Wildman–Crippen LogP) is 5.24. The van der Waals surface area contributed by atoms with Gasteiger partial charge in [0.15, 0.2) is 10.8 Å². The number of thioether (sulfide) groups is 1. The number of pyridine rings is 1. The van der Waals surface area contributed by atoms with Gasteiger partial charge in [-0.3, -0.25) is 9.20 Å². The van der Waals surface area contributed by atoms with Gasteiger partial charge < -0.3 is 5.32 Å². The summed E-state index contributed by atoms with van der Waals surface area (Å²) in [5.74, 6) is 0.645. The standard InChI is InChI=1S/C23H24N4OS/c1-14-10-15(2)12-18(11-14)24-21(28)8-9-29-23-26-25-20-13-17(4)19-7-5-6-16(3)22(19)27(20)23/h5-7,10-13H,8-9H2,1-4H3,(H,24,28). The minimum absolute atomic E-state index is 0.00760. The number of aryl methyl sites for hydroxylation is 4. The quantitative estimate of drug-likeness (QED) is 0.462. The number of anilines is 1. The van der Waals surface area contributed by atoms with E-state index in [1.165, 1.54) is 16.5 Å². The number of aromatic nitrogens is 3. The molecule has 2 aromatic carbocycles.